The Hall–Kier alpha value is -2.83. The summed E-state index contributed by atoms with van der Waals surface area (Å²) in [7, 11) is 2.76. The monoisotopic (exact) mass is 304 g/mol. The molecule has 3 amide bonds. The van der Waals surface area contributed by atoms with E-state index in [0.29, 0.717) is 5.75 Å². The summed E-state index contributed by atoms with van der Waals surface area (Å²) in [6.45, 7) is 1.45. The summed E-state index contributed by atoms with van der Waals surface area (Å²) in [5.41, 5.74) is 1.77. The molecule has 1 aliphatic rings. The van der Waals surface area contributed by atoms with Crippen molar-refractivity contribution in [2.75, 3.05) is 20.8 Å². The molecule has 0 radical (unpaired) electrons. The molecule has 1 heterocycles. The first kappa shape index (κ1) is 15.6. The second kappa shape index (κ2) is 6.30. The third-order valence-electron chi connectivity index (χ3n) is 3.25. The quantitative estimate of drug-likeness (QED) is 0.511. The van der Waals surface area contributed by atoms with Crippen molar-refractivity contribution in [1.29, 1.82) is 0 Å². The molecule has 0 unspecified atom stereocenters. The van der Waals surface area contributed by atoms with Gasteiger partial charge in [-0.2, -0.15) is 0 Å². The van der Waals surface area contributed by atoms with Crippen molar-refractivity contribution < 1.29 is 23.9 Å². The van der Waals surface area contributed by atoms with Gasteiger partial charge in [0.1, 0.15) is 18.0 Å². The summed E-state index contributed by atoms with van der Waals surface area (Å²) >= 11 is 0. The summed E-state index contributed by atoms with van der Waals surface area (Å²) in [6.07, 6.45) is 1.56. The first-order valence-corrected chi connectivity index (χ1v) is 6.52. The molecule has 1 aliphatic heterocycles. The zero-order chi connectivity index (χ0) is 16.3. The number of aryl methyl sites for hydroxylation is 1. The van der Waals surface area contributed by atoms with Gasteiger partial charge in [-0.1, -0.05) is 6.07 Å². The van der Waals surface area contributed by atoms with Crippen LogP contribution in [0.2, 0.25) is 0 Å². The van der Waals surface area contributed by atoms with E-state index in [9.17, 15) is 14.4 Å². The number of carbonyl (C=O) groups excluding carboxylic acids is 3. The first-order chi connectivity index (χ1) is 10.5. The molecule has 1 fully saturated rings. The van der Waals surface area contributed by atoms with Crippen LogP contribution in [0, 0.1) is 6.92 Å². The van der Waals surface area contributed by atoms with E-state index < -0.39 is 24.5 Å². The maximum atomic E-state index is 12.1. The second-order valence-corrected chi connectivity index (χ2v) is 4.68. The molecule has 7 heteroatoms. The van der Waals surface area contributed by atoms with Crippen LogP contribution in [0.3, 0.4) is 0 Å². The van der Waals surface area contributed by atoms with Gasteiger partial charge in [0, 0.05) is 0 Å². The third-order valence-corrected chi connectivity index (χ3v) is 3.25. The predicted octanol–water partition coefficient (Wildman–Crippen LogP) is 1.07. The Morgan fingerprint density at radius 1 is 1.32 bits per heavy atom. The van der Waals surface area contributed by atoms with Gasteiger partial charge in [0.05, 0.1) is 14.2 Å². The summed E-state index contributed by atoms with van der Waals surface area (Å²) in [5, 5.41) is 2.45. The molecule has 0 aromatic heterocycles. The Bertz CT molecular complexity index is 666. The van der Waals surface area contributed by atoms with Crippen LogP contribution < -0.4 is 10.1 Å². The highest BCUT2D eigenvalue weighted by atomic mass is 16.5. The fourth-order valence-corrected chi connectivity index (χ4v) is 2.00. The zero-order valence-corrected chi connectivity index (χ0v) is 12.5. The molecule has 0 aliphatic carbocycles. The standard InChI is InChI=1S/C15H16N2O5/c1-9-6-11(21-2)5-4-10(9)7-12-14(19)17(15(20)16-12)8-13(18)22-3/h4-7H,8H2,1-3H3,(H,16,20)/b12-7+. The summed E-state index contributed by atoms with van der Waals surface area (Å²) in [6, 6.07) is 4.71. The van der Waals surface area contributed by atoms with Crippen molar-refractivity contribution in [1.82, 2.24) is 10.2 Å². The Morgan fingerprint density at radius 3 is 2.64 bits per heavy atom. The van der Waals surface area contributed by atoms with E-state index in [2.05, 4.69) is 10.1 Å². The molecule has 2 rings (SSSR count). The summed E-state index contributed by atoms with van der Waals surface area (Å²) in [4.78, 5) is 35.9. The van der Waals surface area contributed by atoms with E-state index in [-0.39, 0.29) is 5.70 Å². The Labute approximate surface area is 127 Å². The lowest BCUT2D eigenvalue weighted by Gasteiger charge is -2.09. The number of nitrogens with zero attached hydrogens (tertiary/aromatic N) is 1. The van der Waals surface area contributed by atoms with Crippen LogP contribution in [0.4, 0.5) is 4.79 Å². The second-order valence-electron chi connectivity index (χ2n) is 4.68. The fourth-order valence-electron chi connectivity index (χ4n) is 2.00. The molecule has 22 heavy (non-hydrogen) atoms. The lowest BCUT2D eigenvalue weighted by molar-refractivity contribution is -0.143. The van der Waals surface area contributed by atoms with Crippen LogP contribution in [0.25, 0.3) is 6.08 Å². The van der Waals surface area contributed by atoms with E-state index >= 15 is 0 Å². The molecule has 1 aromatic rings. The normalized spacial score (nSPS) is 16.0. The number of ether oxygens (including phenoxy) is 2. The van der Waals surface area contributed by atoms with Crippen LogP contribution in [-0.2, 0) is 14.3 Å². The zero-order valence-electron chi connectivity index (χ0n) is 12.5. The van der Waals surface area contributed by atoms with Crippen LogP contribution in [0.1, 0.15) is 11.1 Å². The van der Waals surface area contributed by atoms with Crippen LogP contribution in [-0.4, -0.2) is 43.6 Å². The highest BCUT2D eigenvalue weighted by Gasteiger charge is 2.35. The van der Waals surface area contributed by atoms with Crippen LogP contribution in [0.5, 0.6) is 5.75 Å². The van der Waals surface area contributed by atoms with Gasteiger partial charge in [-0.05, 0) is 36.3 Å². The number of methoxy groups -OCH3 is 2. The molecule has 0 bridgehead atoms. The number of hydrogen-bond donors (Lipinski definition) is 1. The number of urea groups is 1. The SMILES string of the molecule is COC(=O)CN1C(=O)N/C(=C/c2ccc(OC)cc2C)C1=O. The topological polar surface area (TPSA) is 84.9 Å². The van der Waals surface area contributed by atoms with Gasteiger partial charge in [-0.15, -0.1) is 0 Å². The number of carbonyl (C=O) groups is 3. The fraction of sp³-hybridized carbons (Fsp3) is 0.267. The van der Waals surface area contributed by atoms with Gasteiger partial charge >= 0.3 is 12.0 Å². The molecule has 116 valence electrons. The van der Waals surface area contributed by atoms with E-state index in [4.69, 9.17) is 4.74 Å². The number of rotatable bonds is 4. The maximum Gasteiger partial charge on any atom is 0.329 e. The lowest BCUT2D eigenvalue weighted by atomic mass is 10.1. The minimum absolute atomic E-state index is 0.113. The predicted molar refractivity (Wildman–Crippen MR) is 78.0 cm³/mol. The number of hydrogen-bond acceptors (Lipinski definition) is 5. The molecule has 1 aromatic carbocycles. The van der Waals surface area contributed by atoms with E-state index in [0.717, 1.165) is 16.0 Å². The van der Waals surface area contributed by atoms with Crippen LogP contribution >= 0.6 is 0 Å². The van der Waals surface area contributed by atoms with Gasteiger partial charge in [0.2, 0.25) is 0 Å². The summed E-state index contributed by atoms with van der Waals surface area (Å²) in [5.74, 6) is -0.523. The van der Waals surface area contributed by atoms with E-state index in [1.165, 1.54) is 7.11 Å². The first-order valence-electron chi connectivity index (χ1n) is 6.52. The molecule has 0 spiro atoms. The van der Waals surface area contributed by atoms with Gasteiger partial charge < -0.3 is 14.8 Å². The van der Waals surface area contributed by atoms with Crippen molar-refractivity contribution >= 4 is 24.0 Å². The van der Waals surface area contributed by atoms with Gasteiger partial charge in [0.25, 0.3) is 5.91 Å². The van der Waals surface area contributed by atoms with Crippen molar-refractivity contribution in [3.8, 4) is 5.75 Å². The Balaban J connectivity index is 2.24. The molecule has 1 saturated heterocycles. The molecule has 0 saturated carbocycles. The Morgan fingerprint density at radius 2 is 2.05 bits per heavy atom. The average Bonchev–Trinajstić information content (AvgIpc) is 2.76. The number of nitrogens with one attached hydrogen (secondary N) is 1. The van der Waals surface area contributed by atoms with Crippen molar-refractivity contribution in [3.63, 3.8) is 0 Å². The van der Waals surface area contributed by atoms with Gasteiger partial charge in [-0.3, -0.25) is 9.59 Å². The number of esters is 1. The van der Waals surface area contributed by atoms with E-state index in [1.807, 2.05) is 13.0 Å². The van der Waals surface area contributed by atoms with Crippen molar-refractivity contribution in [2.24, 2.45) is 0 Å². The number of imide groups is 1. The largest absolute Gasteiger partial charge is 0.497 e. The molecule has 0 atom stereocenters. The molecular weight excluding hydrogens is 288 g/mol. The van der Waals surface area contributed by atoms with Gasteiger partial charge in [0.15, 0.2) is 0 Å². The molecular formula is C15H16N2O5. The average molecular weight is 304 g/mol. The minimum atomic E-state index is -0.662. The number of benzene rings is 1. The Kier molecular flexibility index (Phi) is 4.45. The smallest absolute Gasteiger partial charge is 0.329 e. The highest BCUT2D eigenvalue weighted by molar-refractivity contribution is 6.15. The third kappa shape index (κ3) is 3.08. The molecule has 7 nitrogen and oxygen atoms in total. The summed E-state index contributed by atoms with van der Waals surface area (Å²) < 4.78 is 9.58. The number of amides is 3. The van der Waals surface area contributed by atoms with E-state index in [1.54, 1.807) is 25.3 Å². The van der Waals surface area contributed by atoms with Gasteiger partial charge in [-0.25, -0.2) is 9.69 Å². The maximum absolute atomic E-state index is 12.1. The minimum Gasteiger partial charge on any atom is -0.497 e. The van der Waals surface area contributed by atoms with Crippen molar-refractivity contribution in [2.45, 2.75) is 6.92 Å². The lowest BCUT2D eigenvalue weighted by Crippen LogP contribution is -2.36. The highest BCUT2D eigenvalue weighted by Crippen LogP contribution is 2.20. The molecule has 1 N–H and O–H groups in total. The van der Waals surface area contributed by atoms with Crippen molar-refractivity contribution in [3.05, 3.63) is 35.0 Å². The van der Waals surface area contributed by atoms with Crippen LogP contribution in [0.15, 0.2) is 23.9 Å².